The highest BCUT2D eigenvalue weighted by Crippen LogP contribution is 2.24. The molecule has 3 rings (SSSR count). The fraction of sp³-hybridized carbons (Fsp3) is 0.529. The molecule has 1 amide bonds. The third-order valence-electron chi connectivity index (χ3n) is 4.63. The smallest absolute Gasteiger partial charge is 0.256 e. The van der Waals surface area contributed by atoms with Gasteiger partial charge in [-0.05, 0) is 32.6 Å². The minimum Gasteiger partial charge on any atom is -0.354 e. The minimum atomic E-state index is -0.157. The van der Waals surface area contributed by atoms with Crippen molar-refractivity contribution in [3.63, 3.8) is 0 Å². The summed E-state index contributed by atoms with van der Waals surface area (Å²) in [6, 6.07) is 0. The highest BCUT2D eigenvalue weighted by atomic mass is 32.1. The largest absolute Gasteiger partial charge is 0.354 e. The standard InChI is InChI=1S/C17H23N5O2S/c1-12-13(2)20-11-22(16(12)24)10-15(23)19-8-14-4-3-6-21(9-14)17-18-5-7-25-17/h5,7,11,14H,3-4,6,8-10H2,1-2H3,(H,19,23). The van der Waals surface area contributed by atoms with Crippen LogP contribution in [0.25, 0.3) is 0 Å². The summed E-state index contributed by atoms with van der Waals surface area (Å²) >= 11 is 1.64. The molecule has 134 valence electrons. The second-order valence-electron chi connectivity index (χ2n) is 6.46. The minimum absolute atomic E-state index is 0.00979. The van der Waals surface area contributed by atoms with Crippen molar-refractivity contribution in [2.24, 2.45) is 5.92 Å². The van der Waals surface area contributed by atoms with Crippen LogP contribution in [0.2, 0.25) is 0 Å². The number of carbonyl (C=O) groups excluding carboxylic acids is 1. The lowest BCUT2D eigenvalue weighted by Gasteiger charge is -2.32. The van der Waals surface area contributed by atoms with Crippen LogP contribution in [0.15, 0.2) is 22.7 Å². The molecule has 7 nitrogen and oxygen atoms in total. The molecule has 1 N–H and O–H groups in total. The third kappa shape index (κ3) is 4.25. The molecule has 2 aromatic rings. The molecule has 1 aliphatic rings. The van der Waals surface area contributed by atoms with E-state index in [1.165, 1.54) is 10.9 Å². The van der Waals surface area contributed by atoms with Gasteiger partial charge < -0.3 is 10.2 Å². The zero-order valence-electron chi connectivity index (χ0n) is 14.6. The van der Waals surface area contributed by atoms with E-state index < -0.39 is 0 Å². The van der Waals surface area contributed by atoms with Crippen LogP contribution in [-0.4, -0.2) is 40.1 Å². The monoisotopic (exact) mass is 361 g/mol. The SMILES string of the molecule is Cc1ncn(CC(=O)NCC2CCCN(c3nccs3)C2)c(=O)c1C. The zero-order chi connectivity index (χ0) is 17.8. The van der Waals surface area contributed by atoms with Gasteiger partial charge in [-0.1, -0.05) is 0 Å². The number of piperidine rings is 1. The summed E-state index contributed by atoms with van der Waals surface area (Å²) in [6.45, 7) is 6.07. The van der Waals surface area contributed by atoms with E-state index in [-0.39, 0.29) is 18.0 Å². The van der Waals surface area contributed by atoms with Crippen molar-refractivity contribution < 1.29 is 4.79 Å². The van der Waals surface area contributed by atoms with Gasteiger partial charge in [0.25, 0.3) is 5.56 Å². The number of thiazole rings is 1. The van der Waals surface area contributed by atoms with E-state index in [2.05, 4.69) is 20.2 Å². The van der Waals surface area contributed by atoms with Gasteiger partial charge >= 0.3 is 0 Å². The number of carbonyl (C=O) groups is 1. The van der Waals surface area contributed by atoms with Gasteiger partial charge in [-0.25, -0.2) is 9.97 Å². The maximum absolute atomic E-state index is 12.2. The summed E-state index contributed by atoms with van der Waals surface area (Å²) < 4.78 is 1.36. The van der Waals surface area contributed by atoms with Crippen molar-refractivity contribution in [2.75, 3.05) is 24.5 Å². The van der Waals surface area contributed by atoms with E-state index >= 15 is 0 Å². The first-order valence-electron chi connectivity index (χ1n) is 8.48. The van der Waals surface area contributed by atoms with Crippen LogP contribution in [0, 0.1) is 19.8 Å². The Hall–Kier alpha value is -2.22. The Kier molecular flexibility index (Phi) is 5.47. The molecule has 1 atom stereocenters. The van der Waals surface area contributed by atoms with Gasteiger partial charge in [-0.2, -0.15) is 0 Å². The van der Waals surface area contributed by atoms with E-state index in [1.807, 2.05) is 11.6 Å². The lowest BCUT2D eigenvalue weighted by molar-refractivity contribution is -0.121. The van der Waals surface area contributed by atoms with Crippen molar-refractivity contribution in [1.29, 1.82) is 0 Å². The van der Waals surface area contributed by atoms with Crippen LogP contribution >= 0.6 is 11.3 Å². The van der Waals surface area contributed by atoms with Gasteiger partial charge in [0.15, 0.2) is 5.13 Å². The highest BCUT2D eigenvalue weighted by Gasteiger charge is 2.22. The van der Waals surface area contributed by atoms with E-state index in [1.54, 1.807) is 25.2 Å². The predicted octanol–water partition coefficient (Wildman–Crippen LogP) is 1.35. The zero-order valence-corrected chi connectivity index (χ0v) is 15.4. The first-order valence-corrected chi connectivity index (χ1v) is 9.36. The maximum Gasteiger partial charge on any atom is 0.256 e. The molecule has 3 heterocycles. The molecule has 8 heteroatoms. The molecule has 25 heavy (non-hydrogen) atoms. The van der Waals surface area contributed by atoms with Gasteiger partial charge in [0, 0.05) is 42.5 Å². The average Bonchev–Trinajstić information content (AvgIpc) is 3.15. The number of nitrogens with zero attached hydrogens (tertiary/aromatic N) is 4. The topological polar surface area (TPSA) is 80.1 Å². The summed E-state index contributed by atoms with van der Waals surface area (Å²) in [5.41, 5.74) is 1.13. The van der Waals surface area contributed by atoms with E-state index in [9.17, 15) is 9.59 Å². The summed E-state index contributed by atoms with van der Waals surface area (Å²) in [7, 11) is 0. The van der Waals surface area contributed by atoms with Crippen LogP contribution in [0.5, 0.6) is 0 Å². The molecule has 0 saturated carbocycles. The van der Waals surface area contributed by atoms with E-state index in [0.29, 0.717) is 23.7 Å². The molecule has 0 bridgehead atoms. The number of aryl methyl sites for hydroxylation is 1. The van der Waals surface area contributed by atoms with E-state index in [4.69, 9.17) is 0 Å². The Labute approximate surface area is 150 Å². The van der Waals surface area contributed by atoms with Gasteiger partial charge in [-0.3, -0.25) is 14.2 Å². The van der Waals surface area contributed by atoms with Crippen molar-refractivity contribution in [3.8, 4) is 0 Å². The first kappa shape index (κ1) is 17.6. The van der Waals surface area contributed by atoms with Gasteiger partial charge in [0.2, 0.25) is 5.91 Å². The number of rotatable bonds is 5. The summed E-state index contributed by atoms with van der Waals surface area (Å²) in [6.07, 6.45) is 5.45. The van der Waals surface area contributed by atoms with Crippen molar-refractivity contribution >= 4 is 22.4 Å². The second-order valence-corrected chi connectivity index (χ2v) is 7.33. The Morgan fingerprint density at radius 3 is 3.00 bits per heavy atom. The molecule has 2 aromatic heterocycles. The normalized spacial score (nSPS) is 17.5. The molecule has 1 fully saturated rings. The van der Waals surface area contributed by atoms with Gasteiger partial charge in [-0.15, -0.1) is 11.3 Å². The van der Waals surface area contributed by atoms with Gasteiger partial charge in [0.05, 0.1) is 6.33 Å². The fourth-order valence-electron chi connectivity index (χ4n) is 3.03. The Bertz CT molecular complexity index is 787. The van der Waals surface area contributed by atoms with Gasteiger partial charge in [0.1, 0.15) is 6.54 Å². The second kappa shape index (κ2) is 7.77. The molecule has 0 radical (unpaired) electrons. The van der Waals surface area contributed by atoms with Crippen molar-refractivity contribution in [3.05, 3.63) is 39.5 Å². The molecule has 1 unspecified atom stereocenters. The number of anilines is 1. The van der Waals surface area contributed by atoms with Crippen molar-refractivity contribution in [2.45, 2.75) is 33.2 Å². The lowest BCUT2D eigenvalue weighted by atomic mass is 9.98. The van der Waals surface area contributed by atoms with Crippen LogP contribution in [0.1, 0.15) is 24.1 Å². The highest BCUT2D eigenvalue weighted by molar-refractivity contribution is 7.13. The number of nitrogens with one attached hydrogen (secondary N) is 1. The van der Waals surface area contributed by atoms with Crippen molar-refractivity contribution in [1.82, 2.24) is 19.9 Å². The molecule has 0 aromatic carbocycles. The molecule has 1 aliphatic heterocycles. The Balaban J connectivity index is 1.52. The fourth-order valence-corrected chi connectivity index (χ4v) is 3.71. The quantitative estimate of drug-likeness (QED) is 0.869. The summed E-state index contributed by atoms with van der Waals surface area (Å²) in [5.74, 6) is 0.245. The van der Waals surface area contributed by atoms with E-state index in [0.717, 1.165) is 31.1 Å². The number of aromatic nitrogens is 3. The van der Waals surface area contributed by atoms with Crippen LogP contribution in [-0.2, 0) is 11.3 Å². The average molecular weight is 361 g/mol. The predicted molar refractivity (Wildman–Crippen MR) is 98.0 cm³/mol. The summed E-state index contributed by atoms with van der Waals surface area (Å²) in [4.78, 5) is 35.1. The Morgan fingerprint density at radius 2 is 2.24 bits per heavy atom. The lowest BCUT2D eigenvalue weighted by Crippen LogP contribution is -2.42. The first-order chi connectivity index (χ1) is 12.0. The molecule has 1 saturated heterocycles. The maximum atomic E-state index is 12.2. The van der Waals surface area contributed by atoms with Crippen LogP contribution in [0.4, 0.5) is 5.13 Å². The molecular formula is C17H23N5O2S. The third-order valence-corrected chi connectivity index (χ3v) is 5.46. The van der Waals surface area contributed by atoms with Crippen LogP contribution < -0.4 is 15.8 Å². The number of hydrogen-bond acceptors (Lipinski definition) is 6. The van der Waals surface area contributed by atoms with Crippen LogP contribution in [0.3, 0.4) is 0 Å². The molecular weight excluding hydrogens is 338 g/mol. The molecule has 0 spiro atoms. The molecule has 0 aliphatic carbocycles. The Morgan fingerprint density at radius 1 is 1.40 bits per heavy atom. The number of amides is 1. The number of hydrogen-bond donors (Lipinski definition) is 1. The summed E-state index contributed by atoms with van der Waals surface area (Å²) in [5, 5.41) is 5.99.